The Kier molecular flexibility index (Phi) is 3.96. The minimum atomic E-state index is -0.661. The molecule has 1 unspecified atom stereocenters. The fourth-order valence-corrected chi connectivity index (χ4v) is 2.19. The molecule has 22 heavy (non-hydrogen) atoms. The number of pyridine rings is 1. The van der Waals surface area contributed by atoms with Crippen LogP contribution in [0.4, 0.5) is 4.39 Å². The summed E-state index contributed by atoms with van der Waals surface area (Å²) in [7, 11) is 0. The van der Waals surface area contributed by atoms with E-state index in [0.717, 1.165) is 11.8 Å². The molecule has 3 rings (SSSR count). The standard InChI is InChI=1S/C17H13FN2O2/c18-14-11-19-9-8-13(14)17(21)20-16(15-7-4-10-22-15)12-5-2-1-3-6-12/h1-11,16H,(H,20,21). The van der Waals surface area contributed by atoms with Crippen molar-refractivity contribution in [3.63, 3.8) is 0 Å². The molecule has 0 aliphatic carbocycles. The zero-order valence-electron chi connectivity index (χ0n) is 11.6. The molecule has 0 aliphatic heterocycles. The first kappa shape index (κ1) is 14.0. The number of furan rings is 1. The van der Waals surface area contributed by atoms with Gasteiger partial charge < -0.3 is 9.73 Å². The summed E-state index contributed by atoms with van der Waals surface area (Å²) >= 11 is 0. The maximum atomic E-state index is 13.7. The topological polar surface area (TPSA) is 55.1 Å². The third-order valence-electron chi connectivity index (χ3n) is 3.25. The Bertz CT molecular complexity index is 757. The number of aromatic nitrogens is 1. The predicted molar refractivity (Wildman–Crippen MR) is 78.7 cm³/mol. The second-order valence-electron chi connectivity index (χ2n) is 4.69. The van der Waals surface area contributed by atoms with E-state index in [1.165, 1.54) is 18.5 Å². The summed E-state index contributed by atoms with van der Waals surface area (Å²) in [5.41, 5.74) is 0.794. The molecule has 0 spiro atoms. The van der Waals surface area contributed by atoms with Gasteiger partial charge in [0.1, 0.15) is 11.8 Å². The van der Waals surface area contributed by atoms with Gasteiger partial charge in [-0.3, -0.25) is 9.78 Å². The van der Waals surface area contributed by atoms with Crippen molar-refractivity contribution in [3.8, 4) is 0 Å². The Labute approximate surface area is 126 Å². The van der Waals surface area contributed by atoms with E-state index in [1.807, 2.05) is 30.3 Å². The van der Waals surface area contributed by atoms with Crippen molar-refractivity contribution in [2.45, 2.75) is 6.04 Å². The second kappa shape index (κ2) is 6.22. The Morgan fingerprint density at radius 3 is 2.64 bits per heavy atom. The van der Waals surface area contributed by atoms with Crippen LogP contribution in [0.5, 0.6) is 0 Å². The molecule has 0 saturated heterocycles. The van der Waals surface area contributed by atoms with Gasteiger partial charge in [0, 0.05) is 6.20 Å². The molecule has 1 aromatic carbocycles. The molecule has 0 saturated carbocycles. The summed E-state index contributed by atoms with van der Waals surface area (Å²) in [6.07, 6.45) is 3.92. The van der Waals surface area contributed by atoms with Gasteiger partial charge in [-0.15, -0.1) is 0 Å². The summed E-state index contributed by atoms with van der Waals surface area (Å²) in [5.74, 6) is -0.606. The molecule has 3 aromatic rings. The predicted octanol–water partition coefficient (Wildman–Crippen LogP) is 3.33. The lowest BCUT2D eigenvalue weighted by atomic mass is 10.0. The van der Waals surface area contributed by atoms with Crippen LogP contribution in [0.15, 0.2) is 71.6 Å². The fourth-order valence-electron chi connectivity index (χ4n) is 2.19. The number of rotatable bonds is 4. The minimum absolute atomic E-state index is 0.0533. The number of benzene rings is 1. The Morgan fingerprint density at radius 2 is 1.95 bits per heavy atom. The molecule has 5 heteroatoms. The SMILES string of the molecule is O=C(NC(c1ccccc1)c1ccco1)c1ccncc1F. The van der Waals surface area contributed by atoms with E-state index in [0.29, 0.717) is 5.76 Å². The van der Waals surface area contributed by atoms with Gasteiger partial charge in [0.05, 0.1) is 18.0 Å². The number of carbonyl (C=O) groups excluding carboxylic acids is 1. The number of carbonyl (C=O) groups is 1. The van der Waals surface area contributed by atoms with Gasteiger partial charge in [-0.05, 0) is 23.8 Å². The molecule has 1 amide bonds. The molecule has 1 atom stereocenters. The second-order valence-corrected chi connectivity index (χ2v) is 4.69. The van der Waals surface area contributed by atoms with E-state index < -0.39 is 17.8 Å². The van der Waals surface area contributed by atoms with Gasteiger partial charge in [0.25, 0.3) is 5.91 Å². The summed E-state index contributed by atoms with van der Waals surface area (Å²) in [4.78, 5) is 16.0. The molecule has 4 nitrogen and oxygen atoms in total. The van der Waals surface area contributed by atoms with Crippen LogP contribution in [-0.2, 0) is 0 Å². The highest BCUT2D eigenvalue weighted by molar-refractivity contribution is 5.94. The molecule has 1 N–H and O–H groups in total. The van der Waals surface area contributed by atoms with Crippen LogP contribution in [-0.4, -0.2) is 10.9 Å². The number of amides is 1. The number of nitrogens with one attached hydrogen (secondary N) is 1. The van der Waals surface area contributed by atoms with E-state index in [4.69, 9.17) is 4.42 Å². The van der Waals surface area contributed by atoms with Crippen LogP contribution in [0, 0.1) is 5.82 Å². The van der Waals surface area contributed by atoms with E-state index in [9.17, 15) is 9.18 Å². The minimum Gasteiger partial charge on any atom is -0.467 e. The molecule has 2 aromatic heterocycles. The summed E-state index contributed by atoms with van der Waals surface area (Å²) in [6, 6.07) is 13.7. The molecule has 0 radical (unpaired) electrons. The zero-order chi connectivity index (χ0) is 15.4. The molecule has 0 bridgehead atoms. The molecule has 110 valence electrons. The first-order valence-corrected chi connectivity index (χ1v) is 6.74. The van der Waals surface area contributed by atoms with Gasteiger partial charge >= 0.3 is 0 Å². The number of hydrogen-bond acceptors (Lipinski definition) is 3. The average Bonchev–Trinajstić information content (AvgIpc) is 3.08. The van der Waals surface area contributed by atoms with Gasteiger partial charge in [0.2, 0.25) is 0 Å². The van der Waals surface area contributed by atoms with Crippen molar-refractivity contribution in [1.82, 2.24) is 10.3 Å². The van der Waals surface area contributed by atoms with Crippen molar-refractivity contribution in [3.05, 3.63) is 89.9 Å². The van der Waals surface area contributed by atoms with Crippen molar-refractivity contribution in [2.24, 2.45) is 0 Å². The van der Waals surface area contributed by atoms with Crippen LogP contribution < -0.4 is 5.32 Å². The summed E-state index contributed by atoms with van der Waals surface area (Å²) in [6.45, 7) is 0. The fraction of sp³-hybridized carbons (Fsp3) is 0.0588. The lowest BCUT2D eigenvalue weighted by molar-refractivity contribution is 0.0934. The van der Waals surface area contributed by atoms with Crippen LogP contribution in [0.3, 0.4) is 0 Å². The van der Waals surface area contributed by atoms with Crippen molar-refractivity contribution in [2.75, 3.05) is 0 Å². The Balaban J connectivity index is 1.91. The average molecular weight is 296 g/mol. The van der Waals surface area contributed by atoms with Crippen molar-refractivity contribution >= 4 is 5.91 Å². The number of halogens is 1. The summed E-state index contributed by atoms with van der Waals surface area (Å²) in [5, 5.41) is 2.79. The highest BCUT2D eigenvalue weighted by Crippen LogP contribution is 2.23. The Morgan fingerprint density at radius 1 is 1.14 bits per heavy atom. The maximum Gasteiger partial charge on any atom is 0.255 e. The molecule has 2 heterocycles. The van der Waals surface area contributed by atoms with Gasteiger partial charge in [-0.2, -0.15) is 0 Å². The van der Waals surface area contributed by atoms with Gasteiger partial charge in [0.15, 0.2) is 5.82 Å². The van der Waals surface area contributed by atoms with Crippen LogP contribution in [0.2, 0.25) is 0 Å². The van der Waals surface area contributed by atoms with Gasteiger partial charge in [-0.1, -0.05) is 30.3 Å². The third kappa shape index (κ3) is 2.88. The van der Waals surface area contributed by atoms with Crippen molar-refractivity contribution < 1.29 is 13.6 Å². The van der Waals surface area contributed by atoms with Gasteiger partial charge in [-0.25, -0.2) is 4.39 Å². The normalized spacial score (nSPS) is 11.9. The highest BCUT2D eigenvalue weighted by Gasteiger charge is 2.21. The smallest absolute Gasteiger partial charge is 0.255 e. The molecular weight excluding hydrogens is 283 g/mol. The molecule has 0 fully saturated rings. The quantitative estimate of drug-likeness (QED) is 0.803. The van der Waals surface area contributed by atoms with E-state index >= 15 is 0 Å². The molecule has 0 aliphatic rings. The van der Waals surface area contributed by atoms with Crippen molar-refractivity contribution in [1.29, 1.82) is 0 Å². The highest BCUT2D eigenvalue weighted by atomic mass is 19.1. The zero-order valence-corrected chi connectivity index (χ0v) is 11.6. The maximum absolute atomic E-state index is 13.7. The first-order chi connectivity index (χ1) is 10.8. The third-order valence-corrected chi connectivity index (χ3v) is 3.25. The van der Waals surface area contributed by atoms with Crippen LogP contribution in [0.1, 0.15) is 27.7 Å². The van der Waals surface area contributed by atoms with E-state index in [-0.39, 0.29) is 5.56 Å². The largest absolute Gasteiger partial charge is 0.467 e. The van der Waals surface area contributed by atoms with Crippen LogP contribution >= 0.6 is 0 Å². The lowest BCUT2D eigenvalue weighted by Crippen LogP contribution is -2.29. The lowest BCUT2D eigenvalue weighted by Gasteiger charge is -2.17. The van der Waals surface area contributed by atoms with E-state index in [1.54, 1.807) is 12.1 Å². The summed E-state index contributed by atoms with van der Waals surface area (Å²) < 4.78 is 19.1. The monoisotopic (exact) mass is 296 g/mol. The van der Waals surface area contributed by atoms with E-state index in [2.05, 4.69) is 10.3 Å². The molecular formula is C17H13FN2O2. The number of hydrogen-bond donors (Lipinski definition) is 1. The Hall–Kier alpha value is -2.95. The number of nitrogens with zero attached hydrogens (tertiary/aromatic N) is 1. The first-order valence-electron chi connectivity index (χ1n) is 6.74. The van der Waals surface area contributed by atoms with Crippen LogP contribution in [0.25, 0.3) is 0 Å².